The number of anilines is 2. The summed E-state index contributed by atoms with van der Waals surface area (Å²) in [6.07, 6.45) is 0. The van der Waals surface area contributed by atoms with Gasteiger partial charge in [-0.2, -0.15) is 4.37 Å². The van der Waals surface area contributed by atoms with Gasteiger partial charge in [-0.15, -0.1) is 0 Å². The molecule has 1 N–H and O–H groups in total. The van der Waals surface area contributed by atoms with Crippen LogP contribution in [-0.2, 0) is 0 Å². The fraction of sp³-hybridized carbons (Fsp3) is 0.250. The van der Waals surface area contributed by atoms with E-state index in [9.17, 15) is 9.59 Å². The van der Waals surface area contributed by atoms with Gasteiger partial charge >= 0.3 is 0 Å². The van der Waals surface area contributed by atoms with Crippen LogP contribution >= 0.6 is 11.5 Å². The molecule has 7 heteroatoms. The Hall–Kier alpha value is -3.71. The molecule has 0 radical (unpaired) electrons. The fourth-order valence-corrected chi connectivity index (χ4v) is 5.41. The van der Waals surface area contributed by atoms with Crippen LogP contribution in [0.15, 0.2) is 66.7 Å². The molecule has 0 aliphatic carbocycles. The summed E-state index contributed by atoms with van der Waals surface area (Å²) in [7, 11) is 0. The lowest BCUT2D eigenvalue weighted by atomic mass is 10.1. The van der Waals surface area contributed by atoms with Gasteiger partial charge in [0.15, 0.2) is 0 Å². The van der Waals surface area contributed by atoms with Crippen molar-refractivity contribution in [2.24, 2.45) is 0 Å². The Balaban J connectivity index is 1.31. The van der Waals surface area contributed by atoms with E-state index < -0.39 is 0 Å². The maximum atomic E-state index is 13.4. The van der Waals surface area contributed by atoms with E-state index in [0.29, 0.717) is 30.0 Å². The topological polar surface area (TPSA) is 65.5 Å². The number of aryl methyl sites for hydroxylation is 2. The van der Waals surface area contributed by atoms with E-state index >= 15 is 0 Å². The van der Waals surface area contributed by atoms with Crippen LogP contribution in [0, 0.1) is 13.8 Å². The Kier molecular flexibility index (Phi) is 6.26. The molecule has 2 heterocycles. The summed E-state index contributed by atoms with van der Waals surface area (Å²) in [4.78, 5) is 30.6. The lowest BCUT2D eigenvalue weighted by Gasteiger charge is -2.41. The molecule has 1 aliphatic heterocycles. The molecule has 1 fully saturated rings. The number of fused-ring (bicyclic) bond motifs is 1. The van der Waals surface area contributed by atoms with Crippen molar-refractivity contribution in [2.45, 2.75) is 26.8 Å². The Morgan fingerprint density at radius 2 is 1.83 bits per heavy atom. The van der Waals surface area contributed by atoms with Crippen molar-refractivity contribution in [2.75, 3.05) is 29.9 Å². The van der Waals surface area contributed by atoms with E-state index in [2.05, 4.69) is 52.7 Å². The molecule has 6 nitrogen and oxygen atoms in total. The minimum atomic E-state index is -0.268. The van der Waals surface area contributed by atoms with E-state index in [4.69, 9.17) is 0 Å². The Bertz CT molecular complexity index is 1410. The molecule has 35 heavy (non-hydrogen) atoms. The van der Waals surface area contributed by atoms with Crippen molar-refractivity contribution < 1.29 is 9.59 Å². The molecule has 0 saturated carbocycles. The lowest BCUT2D eigenvalue weighted by molar-refractivity contribution is 0.0726. The predicted molar refractivity (Wildman–Crippen MR) is 143 cm³/mol. The zero-order valence-corrected chi connectivity index (χ0v) is 20.9. The number of aromatic nitrogens is 1. The zero-order chi connectivity index (χ0) is 24.5. The van der Waals surface area contributed by atoms with Crippen LogP contribution in [-0.4, -0.2) is 46.8 Å². The van der Waals surface area contributed by atoms with Crippen LogP contribution in [0.4, 0.5) is 11.4 Å². The van der Waals surface area contributed by atoms with Crippen LogP contribution < -0.4 is 10.2 Å². The monoisotopic (exact) mass is 484 g/mol. The maximum absolute atomic E-state index is 13.4. The van der Waals surface area contributed by atoms with Gasteiger partial charge in [0.25, 0.3) is 11.8 Å². The van der Waals surface area contributed by atoms with E-state index in [1.165, 1.54) is 22.8 Å². The largest absolute Gasteiger partial charge is 0.365 e. The highest BCUT2D eigenvalue weighted by Gasteiger charge is 2.28. The van der Waals surface area contributed by atoms with E-state index in [1.807, 2.05) is 48.2 Å². The molecule has 0 spiro atoms. The molecule has 1 aromatic heterocycles. The molecular formula is C28H28N4O2S. The average molecular weight is 485 g/mol. The van der Waals surface area contributed by atoms with Crippen molar-refractivity contribution in [3.63, 3.8) is 0 Å². The molecule has 2 amide bonds. The van der Waals surface area contributed by atoms with Gasteiger partial charge in [-0.05, 0) is 73.8 Å². The standard InChI is InChI=1S/C28H28N4O2S/c1-18-7-6-8-22(15-18)32-14-13-31(17-20(32)3)28(34)21-12-11-19(2)24(16-21)29-27(33)26-23-9-4-5-10-25(23)35-30-26/h4-12,15-16,20H,13-14,17H2,1-3H3,(H,29,33)/t20-/m1/s1. The molecule has 0 bridgehead atoms. The summed E-state index contributed by atoms with van der Waals surface area (Å²) >= 11 is 1.31. The Labute approximate surface area is 209 Å². The predicted octanol–water partition coefficient (Wildman–Crippen LogP) is 5.52. The highest BCUT2D eigenvalue weighted by atomic mass is 32.1. The quantitative estimate of drug-likeness (QED) is 0.414. The van der Waals surface area contributed by atoms with E-state index in [1.54, 1.807) is 6.07 Å². The summed E-state index contributed by atoms with van der Waals surface area (Å²) in [5.41, 5.74) is 4.93. The number of carbonyl (C=O) groups is 2. The third-order valence-corrected chi connectivity index (χ3v) is 7.40. The second-order valence-electron chi connectivity index (χ2n) is 9.14. The molecular weight excluding hydrogens is 456 g/mol. The van der Waals surface area contributed by atoms with Crippen LogP contribution in [0.5, 0.6) is 0 Å². The van der Waals surface area contributed by atoms with Crippen molar-refractivity contribution >= 4 is 44.8 Å². The van der Waals surface area contributed by atoms with Gasteiger partial charge in [0, 0.05) is 48.0 Å². The number of hydrogen-bond acceptors (Lipinski definition) is 5. The SMILES string of the molecule is Cc1cccc(N2CCN(C(=O)c3ccc(C)c(NC(=O)c4nsc5ccccc45)c3)C[C@H]2C)c1. The third kappa shape index (κ3) is 4.64. The molecule has 5 rings (SSSR count). The molecule has 1 saturated heterocycles. The Morgan fingerprint density at radius 1 is 1.00 bits per heavy atom. The van der Waals surface area contributed by atoms with Gasteiger partial charge in [0.05, 0.1) is 4.70 Å². The lowest BCUT2D eigenvalue weighted by Crippen LogP contribution is -2.53. The first-order valence-corrected chi connectivity index (χ1v) is 12.6. The minimum absolute atomic E-state index is 0.0182. The normalized spacial score (nSPS) is 15.9. The number of carbonyl (C=O) groups excluding carboxylic acids is 2. The van der Waals surface area contributed by atoms with E-state index in [-0.39, 0.29) is 17.9 Å². The van der Waals surface area contributed by atoms with Crippen molar-refractivity contribution in [3.05, 3.63) is 89.1 Å². The molecule has 178 valence electrons. The number of rotatable bonds is 4. The fourth-order valence-electron chi connectivity index (χ4n) is 4.64. The van der Waals surface area contributed by atoms with Gasteiger partial charge in [-0.1, -0.05) is 36.4 Å². The van der Waals surface area contributed by atoms with Crippen LogP contribution in [0.3, 0.4) is 0 Å². The number of benzene rings is 3. The first-order chi connectivity index (χ1) is 16.9. The second-order valence-corrected chi connectivity index (χ2v) is 9.95. The number of nitrogens with one attached hydrogen (secondary N) is 1. The highest BCUT2D eigenvalue weighted by Crippen LogP contribution is 2.26. The average Bonchev–Trinajstić information content (AvgIpc) is 3.29. The summed E-state index contributed by atoms with van der Waals surface area (Å²) < 4.78 is 5.32. The number of amides is 2. The zero-order valence-electron chi connectivity index (χ0n) is 20.1. The van der Waals surface area contributed by atoms with Gasteiger partial charge < -0.3 is 15.1 Å². The molecule has 0 unspecified atom stereocenters. The van der Waals surface area contributed by atoms with Crippen molar-refractivity contribution in [1.82, 2.24) is 9.27 Å². The van der Waals surface area contributed by atoms with Crippen LogP contribution in [0.2, 0.25) is 0 Å². The number of nitrogens with zero attached hydrogens (tertiary/aromatic N) is 3. The third-order valence-electron chi connectivity index (χ3n) is 6.57. The molecule has 1 aliphatic rings. The summed E-state index contributed by atoms with van der Waals surface area (Å²) in [6.45, 7) is 8.25. The molecule has 3 aromatic carbocycles. The van der Waals surface area contributed by atoms with Crippen molar-refractivity contribution in [3.8, 4) is 0 Å². The summed E-state index contributed by atoms with van der Waals surface area (Å²) in [5.74, 6) is -0.286. The van der Waals surface area contributed by atoms with Crippen LogP contribution in [0.25, 0.3) is 10.1 Å². The first kappa shape index (κ1) is 23.1. The van der Waals surface area contributed by atoms with Gasteiger partial charge in [-0.3, -0.25) is 9.59 Å². The molecule has 1 atom stereocenters. The van der Waals surface area contributed by atoms with Crippen molar-refractivity contribution in [1.29, 1.82) is 0 Å². The first-order valence-electron chi connectivity index (χ1n) is 11.8. The van der Waals surface area contributed by atoms with Gasteiger partial charge in [-0.25, -0.2) is 0 Å². The van der Waals surface area contributed by atoms with Gasteiger partial charge in [0.2, 0.25) is 0 Å². The van der Waals surface area contributed by atoms with Gasteiger partial charge in [0.1, 0.15) is 5.69 Å². The van der Waals surface area contributed by atoms with Crippen LogP contribution in [0.1, 0.15) is 38.9 Å². The summed E-state index contributed by atoms with van der Waals surface area (Å²) in [6, 6.07) is 21.9. The molecule has 4 aromatic rings. The second kappa shape index (κ2) is 9.50. The van der Waals surface area contributed by atoms with E-state index in [0.717, 1.165) is 22.2 Å². The minimum Gasteiger partial charge on any atom is -0.365 e. The maximum Gasteiger partial charge on any atom is 0.276 e. The smallest absolute Gasteiger partial charge is 0.276 e. The highest BCUT2D eigenvalue weighted by molar-refractivity contribution is 7.13. The number of piperazine rings is 1. The Morgan fingerprint density at radius 3 is 2.63 bits per heavy atom. The number of hydrogen-bond donors (Lipinski definition) is 1. The summed E-state index contributed by atoms with van der Waals surface area (Å²) in [5, 5.41) is 3.81.